The van der Waals surface area contributed by atoms with Crippen LogP contribution in [0.2, 0.25) is 0 Å². The Morgan fingerprint density at radius 3 is 3.07 bits per heavy atom. The molecule has 0 aromatic carbocycles. The van der Waals surface area contributed by atoms with Crippen LogP contribution in [0.15, 0.2) is 0 Å². The van der Waals surface area contributed by atoms with E-state index in [1.54, 1.807) is 6.92 Å². The van der Waals surface area contributed by atoms with Crippen LogP contribution >= 0.6 is 0 Å². The molecule has 0 spiro atoms. The lowest BCUT2D eigenvalue weighted by Crippen LogP contribution is -2.35. The predicted octanol–water partition coefficient (Wildman–Crippen LogP) is 0.564. The van der Waals surface area contributed by atoms with Crippen LogP contribution in [0.25, 0.3) is 0 Å². The number of methoxy groups -OCH3 is 1. The Labute approximate surface area is 85.0 Å². The van der Waals surface area contributed by atoms with Gasteiger partial charge in [-0.25, -0.2) is 0 Å². The van der Waals surface area contributed by atoms with Crippen LogP contribution < -0.4 is 5.32 Å². The van der Waals surface area contributed by atoms with Gasteiger partial charge in [0.25, 0.3) is 0 Å². The highest BCUT2D eigenvalue weighted by Gasteiger charge is 2.16. The molecular formula is C10H19NO3. The van der Waals surface area contributed by atoms with Crippen molar-refractivity contribution in [3.05, 3.63) is 0 Å². The maximum atomic E-state index is 11.3. The van der Waals surface area contributed by atoms with Crippen LogP contribution in [0.4, 0.5) is 0 Å². The number of nitrogens with one attached hydrogen (secondary N) is 1. The second-order valence-corrected chi connectivity index (χ2v) is 3.69. The number of ether oxygens (including phenoxy) is 2. The normalized spacial score (nSPS) is 23.4. The van der Waals surface area contributed by atoms with Crippen LogP contribution in [0.5, 0.6) is 0 Å². The van der Waals surface area contributed by atoms with E-state index >= 15 is 0 Å². The molecule has 1 aliphatic rings. The molecule has 4 nitrogen and oxygen atoms in total. The fraction of sp³-hybridized carbons (Fsp3) is 0.900. The molecule has 0 radical (unpaired) electrons. The number of hydrogen-bond donors (Lipinski definition) is 1. The molecule has 0 bridgehead atoms. The zero-order valence-corrected chi connectivity index (χ0v) is 8.91. The van der Waals surface area contributed by atoms with E-state index < -0.39 is 0 Å². The summed E-state index contributed by atoms with van der Waals surface area (Å²) in [7, 11) is 1.54. The van der Waals surface area contributed by atoms with Crippen molar-refractivity contribution in [1.82, 2.24) is 5.32 Å². The molecule has 1 amide bonds. The molecule has 4 heteroatoms. The molecule has 1 saturated heterocycles. The Balaban J connectivity index is 2.05. The Morgan fingerprint density at radius 1 is 1.71 bits per heavy atom. The molecular weight excluding hydrogens is 182 g/mol. The molecule has 1 heterocycles. The van der Waals surface area contributed by atoms with Gasteiger partial charge in [-0.05, 0) is 25.7 Å². The van der Waals surface area contributed by atoms with E-state index in [1.165, 1.54) is 7.11 Å². The van der Waals surface area contributed by atoms with Crippen molar-refractivity contribution in [2.45, 2.75) is 25.9 Å². The summed E-state index contributed by atoms with van der Waals surface area (Å²) >= 11 is 0. The van der Waals surface area contributed by atoms with Crippen LogP contribution in [0.3, 0.4) is 0 Å². The summed E-state index contributed by atoms with van der Waals surface area (Å²) in [6.45, 7) is 4.18. The Hall–Kier alpha value is -0.610. The van der Waals surface area contributed by atoms with E-state index in [2.05, 4.69) is 5.32 Å². The summed E-state index contributed by atoms with van der Waals surface area (Å²) < 4.78 is 10.1. The fourth-order valence-electron chi connectivity index (χ4n) is 1.46. The minimum atomic E-state index is -0.352. The van der Waals surface area contributed by atoms with Crippen molar-refractivity contribution in [2.75, 3.05) is 26.9 Å². The van der Waals surface area contributed by atoms with Gasteiger partial charge in [-0.1, -0.05) is 0 Å². The van der Waals surface area contributed by atoms with Gasteiger partial charge in [-0.3, -0.25) is 4.79 Å². The fourth-order valence-corrected chi connectivity index (χ4v) is 1.46. The predicted molar refractivity (Wildman–Crippen MR) is 53.0 cm³/mol. The lowest BCUT2D eigenvalue weighted by molar-refractivity contribution is -0.130. The average Bonchev–Trinajstić information content (AvgIpc) is 2.69. The van der Waals surface area contributed by atoms with E-state index in [9.17, 15) is 4.79 Å². The van der Waals surface area contributed by atoms with Crippen LogP contribution in [-0.2, 0) is 14.3 Å². The zero-order valence-electron chi connectivity index (χ0n) is 8.91. The molecule has 1 rings (SSSR count). The first-order valence-corrected chi connectivity index (χ1v) is 5.12. The first-order valence-electron chi connectivity index (χ1n) is 5.12. The van der Waals surface area contributed by atoms with Crippen molar-refractivity contribution in [1.29, 1.82) is 0 Å². The highest BCUT2D eigenvalue weighted by molar-refractivity contribution is 5.80. The first kappa shape index (κ1) is 11.5. The van der Waals surface area contributed by atoms with Crippen molar-refractivity contribution < 1.29 is 14.3 Å². The number of carbonyl (C=O) groups is 1. The van der Waals surface area contributed by atoms with E-state index in [1.807, 2.05) is 0 Å². The second-order valence-electron chi connectivity index (χ2n) is 3.69. The third-order valence-electron chi connectivity index (χ3n) is 2.60. The molecule has 2 atom stereocenters. The maximum absolute atomic E-state index is 11.3. The third kappa shape index (κ3) is 3.64. The molecule has 0 saturated carbocycles. The summed E-state index contributed by atoms with van der Waals surface area (Å²) in [5.74, 6) is 0.583. The molecule has 82 valence electrons. The molecule has 0 aliphatic carbocycles. The standard InChI is InChI=1S/C10H19NO3/c1-8(13-2)10(12)11-5-3-9-4-6-14-7-9/h8-9H,3-7H2,1-2H3,(H,11,12). The van der Waals surface area contributed by atoms with Gasteiger partial charge in [0.1, 0.15) is 6.10 Å². The highest BCUT2D eigenvalue weighted by Crippen LogP contribution is 2.15. The van der Waals surface area contributed by atoms with Gasteiger partial charge in [0.05, 0.1) is 0 Å². The largest absolute Gasteiger partial charge is 0.381 e. The topological polar surface area (TPSA) is 47.6 Å². The number of hydrogen-bond acceptors (Lipinski definition) is 3. The second kappa shape index (κ2) is 5.98. The monoisotopic (exact) mass is 201 g/mol. The van der Waals surface area contributed by atoms with Crippen LogP contribution in [-0.4, -0.2) is 38.9 Å². The quantitative estimate of drug-likeness (QED) is 0.707. The van der Waals surface area contributed by atoms with E-state index in [-0.39, 0.29) is 12.0 Å². The minimum Gasteiger partial charge on any atom is -0.381 e. The first-order chi connectivity index (χ1) is 6.74. The molecule has 1 N–H and O–H groups in total. The smallest absolute Gasteiger partial charge is 0.248 e. The molecule has 2 unspecified atom stereocenters. The summed E-state index contributed by atoms with van der Waals surface area (Å²) in [6, 6.07) is 0. The minimum absolute atomic E-state index is 0.0357. The molecule has 14 heavy (non-hydrogen) atoms. The molecule has 0 aromatic heterocycles. The van der Waals surface area contributed by atoms with Crippen molar-refractivity contribution in [3.63, 3.8) is 0 Å². The Bertz CT molecular complexity index is 178. The van der Waals surface area contributed by atoms with Gasteiger partial charge in [-0.2, -0.15) is 0 Å². The molecule has 1 fully saturated rings. The van der Waals surface area contributed by atoms with Gasteiger partial charge >= 0.3 is 0 Å². The summed E-state index contributed by atoms with van der Waals surface area (Å²) in [5, 5.41) is 2.84. The van der Waals surface area contributed by atoms with E-state index in [4.69, 9.17) is 9.47 Å². The maximum Gasteiger partial charge on any atom is 0.248 e. The lowest BCUT2D eigenvalue weighted by Gasteiger charge is -2.11. The number of rotatable bonds is 5. The van der Waals surface area contributed by atoms with Crippen molar-refractivity contribution >= 4 is 5.91 Å². The van der Waals surface area contributed by atoms with E-state index in [0.29, 0.717) is 5.92 Å². The summed E-state index contributed by atoms with van der Waals surface area (Å²) in [4.78, 5) is 11.3. The third-order valence-corrected chi connectivity index (χ3v) is 2.60. The van der Waals surface area contributed by atoms with Crippen molar-refractivity contribution in [2.24, 2.45) is 5.92 Å². The number of carbonyl (C=O) groups excluding carboxylic acids is 1. The SMILES string of the molecule is COC(C)C(=O)NCCC1CCOC1. The summed E-state index contributed by atoms with van der Waals surface area (Å²) in [6.07, 6.45) is 1.77. The van der Waals surface area contributed by atoms with Crippen LogP contribution in [0.1, 0.15) is 19.8 Å². The molecule has 1 aliphatic heterocycles. The van der Waals surface area contributed by atoms with Gasteiger partial charge < -0.3 is 14.8 Å². The van der Waals surface area contributed by atoms with Gasteiger partial charge in [-0.15, -0.1) is 0 Å². The van der Waals surface area contributed by atoms with E-state index in [0.717, 1.165) is 32.6 Å². The van der Waals surface area contributed by atoms with Gasteiger partial charge in [0, 0.05) is 26.9 Å². The van der Waals surface area contributed by atoms with Crippen LogP contribution in [0, 0.1) is 5.92 Å². The van der Waals surface area contributed by atoms with Gasteiger partial charge in [0.2, 0.25) is 5.91 Å². The lowest BCUT2D eigenvalue weighted by atomic mass is 10.1. The Morgan fingerprint density at radius 2 is 2.50 bits per heavy atom. The average molecular weight is 201 g/mol. The zero-order chi connectivity index (χ0) is 10.4. The molecule has 0 aromatic rings. The number of amides is 1. The Kier molecular flexibility index (Phi) is 4.90. The highest BCUT2D eigenvalue weighted by atomic mass is 16.5. The van der Waals surface area contributed by atoms with Crippen molar-refractivity contribution in [3.8, 4) is 0 Å². The van der Waals surface area contributed by atoms with Gasteiger partial charge in [0.15, 0.2) is 0 Å². The summed E-state index contributed by atoms with van der Waals surface area (Å²) in [5.41, 5.74) is 0.